The number of aromatic nitrogens is 2. The summed E-state index contributed by atoms with van der Waals surface area (Å²) in [5, 5.41) is 7.80. The van der Waals surface area contributed by atoms with Gasteiger partial charge in [0.2, 0.25) is 0 Å². The van der Waals surface area contributed by atoms with Crippen molar-refractivity contribution >= 4 is 33.6 Å². The maximum absolute atomic E-state index is 13.6. The third-order valence-corrected chi connectivity index (χ3v) is 8.51. The molecule has 0 aliphatic heterocycles. The number of benzene rings is 5. The number of aryl methyl sites for hydroxylation is 2. The molecule has 2 aromatic heterocycles. The summed E-state index contributed by atoms with van der Waals surface area (Å²) in [7, 11) is 0. The first-order chi connectivity index (χ1) is 23.4. The van der Waals surface area contributed by atoms with E-state index in [-0.39, 0.29) is 11.8 Å². The number of carbonyl (C=O) groups excluding carboxylic acids is 2. The van der Waals surface area contributed by atoms with Crippen LogP contribution in [0.3, 0.4) is 0 Å². The predicted octanol–water partition coefficient (Wildman–Crippen LogP) is 8.59. The zero-order chi connectivity index (χ0) is 33.0. The number of fused-ring (bicyclic) bond motifs is 2. The number of pyridine rings is 2. The Morgan fingerprint density at radius 2 is 0.917 bits per heavy atom. The number of nitrogens with one attached hydrogen (secondary N) is 2. The van der Waals surface area contributed by atoms with Gasteiger partial charge in [-0.25, -0.2) is 9.97 Å². The number of rotatable bonds is 8. The van der Waals surface area contributed by atoms with E-state index in [2.05, 4.69) is 10.6 Å². The van der Waals surface area contributed by atoms with Crippen LogP contribution >= 0.6 is 0 Å². The van der Waals surface area contributed by atoms with Gasteiger partial charge in [0, 0.05) is 35.0 Å². The molecule has 2 heterocycles. The lowest BCUT2D eigenvalue weighted by atomic mass is 10.0. The normalized spacial score (nSPS) is 11.0. The van der Waals surface area contributed by atoms with Crippen molar-refractivity contribution in [2.24, 2.45) is 0 Å². The van der Waals surface area contributed by atoms with Gasteiger partial charge in [0.25, 0.3) is 11.8 Å². The van der Waals surface area contributed by atoms with Crippen LogP contribution in [0, 0.1) is 13.8 Å². The Balaban J connectivity index is 1.07. The van der Waals surface area contributed by atoms with E-state index >= 15 is 0 Å². The molecule has 234 valence electrons. The highest BCUT2D eigenvalue weighted by Gasteiger charge is 2.16. The lowest BCUT2D eigenvalue weighted by Crippen LogP contribution is -2.24. The van der Waals surface area contributed by atoms with Gasteiger partial charge < -0.3 is 10.6 Å². The van der Waals surface area contributed by atoms with Crippen LogP contribution in [0.15, 0.2) is 133 Å². The third kappa shape index (κ3) is 6.55. The van der Waals surface area contributed by atoms with Gasteiger partial charge in [-0.15, -0.1) is 0 Å². The van der Waals surface area contributed by atoms with E-state index in [4.69, 9.17) is 9.97 Å². The second kappa shape index (κ2) is 13.3. The summed E-state index contributed by atoms with van der Waals surface area (Å²) < 4.78 is 0. The van der Waals surface area contributed by atoms with Gasteiger partial charge in [-0.05, 0) is 49.2 Å². The van der Waals surface area contributed by atoms with Gasteiger partial charge in [-0.2, -0.15) is 0 Å². The Morgan fingerprint density at radius 1 is 0.500 bits per heavy atom. The van der Waals surface area contributed by atoms with Gasteiger partial charge >= 0.3 is 0 Å². The molecule has 0 saturated carbocycles. The fourth-order valence-corrected chi connectivity index (χ4v) is 5.88. The quantitative estimate of drug-likeness (QED) is 0.177. The third-order valence-electron chi connectivity index (χ3n) is 8.51. The highest BCUT2D eigenvalue weighted by molar-refractivity contribution is 6.08. The minimum absolute atomic E-state index is 0.172. The van der Waals surface area contributed by atoms with Crippen LogP contribution in [0.25, 0.3) is 44.3 Å². The summed E-state index contributed by atoms with van der Waals surface area (Å²) in [6.45, 7) is 4.77. The molecule has 0 unspecified atom stereocenters. The predicted molar refractivity (Wildman–Crippen MR) is 193 cm³/mol. The van der Waals surface area contributed by atoms with Crippen LogP contribution < -0.4 is 10.6 Å². The zero-order valence-corrected chi connectivity index (χ0v) is 26.8. The van der Waals surface area contributed by atoms with Crippen molar-refractivity contribution < 1.29 is 9.59 Å². The molecule has 0 aliphatic carbocycles. The van der Waals surface area contributed by atoms with E-state index in [1.54, 1.807) is 0 Å². The van der Waals surface area contributed by atoms with Crippen LogP contribution in [0.5, 0.6) is 0 Å². The van der Waals surface area contributed by atoms with Crippen molar-refractivity contribution in [3.8, 4) is 22.5 Å². The van der Waals surface area contributed by atoms with Gasteiger partial charge in [0.05, 0.1) is 33.5 Å². The van der Waals surface area contributed by atoms with Crippen molar-refractivity contribution in [3.05, 3.63) is 167 Å². The molecule has 7 aromatic rings. The molecule has 5 aromatic carbocycles. The Hall–Kier alpha value is -6.14. The highest BCUT2D eigenvalue weighted by Crippen LogP contribution is 2.27. The van der Waals surface area contributed by atoms with Gasteiger partial charge in [0.1, 0.15) is 0 Å². The molecular formula is C42H34N4O2. The minimum Gasteiger partial charge on any atom is -0.348 e. The number of para-hydroxylation sites is 2. The Kier molecular flexibility index (Phi) is 8.46. The van der Waals surface area contributed by atoms with Crippen molar-refractivity contribution in [2.75, 3.05) is 0 Å². The van der Waals surface area contributed by atoms with Gasteiger partial charge in [-0.1, -0.05) is 120 Å². The van der Waals surface area contributed by atoms with Crippen LogP contribution in [-0.2, 0) is 13.1 Å². The standard InChI is InChI=1S/C42H34N4O2/c1-27-14-18-31(19-15-27)39-23-35(33-10-3-5-12-37(33)45-39)41(47)43-25-29-8-7-9-30(22-29)26-44-42(48)36-24-40(32-20-16-28(2)17-21-32)46-38-13-6-4-11-34(36)38/h3-24H,25-26H2,1-2H3,(H,43,47)(H,44,48). The lowest BCUT2D eigenvalue weighted by molar-refractivity contribution is 0.0945. The van der Waals surface area contributed by atoms with Crippen LogP contribution in [0.2, 0.25) is 0 Å². The van der Waals surface area contributed by atoms with E-state index in [9.17, 15) is 9.59 Å². The average molecular weight is 627 g/mol. The second-order valence-electron chi connectivity index (χ2n) is 12.1. The van der Waals surface area contributed by atoms with Crippen molar-refractivity contribution in [1.29, 1.82) is 0 Å². The van der Waals surface area contributed by atoms with E-state index in [1.165, 1.54) is 0 Å². The largest absolute Gasteiger partial charge is 0.348 e. The number of nitrogens with zero attached hydrogens (tertiary/aromatic N) is 2. The molecule has 0 fully saturated rings. The molecule has 6 nitrogen and oxygen atoms in total. The maximum atomic E-state index is 13.6. The summed E-state index contributed by atoms with van der Waals surface area (Å²) in [4.78, 5) is 36.8. The van der Waals surface area contributed by atoms with E-state index < -0.39 is 0 Å². The first kappa shape index (κ1) is 30.5. The zero-order valence-electron chi connectivity index (χ0n) is 26.8. The number of amides is 2. The highest BCUT2D eigenvalue weighted by atomic mass is 16.2. The van der Waals surface area contributed by atoms with Crippen LogP contribution in [-0.4, -0.2) is 21.8 Å². The Morgan fingerprint density at radius 3 is 1.35 bits per heavy atom. The average Bonchev–Trinajstić information content (AvgIpc) is 3.12. The molecule has 0 atom stereocenters. The molecular weight excluding hydrogens is 592 g/mol. The Bertz CT molecular complexity index is 2130. The van der Waals surface area contributed by atoms with Crippen molar-refractivity contribution in [2.45, 2.75) is 26.9 Å². The van der Waals surface area contributed by atoms with Crippen LogP contribution in [0.4, 0.5) is 0 Å². The number of carbonyl (C=O) groups is 2. The lowest BCUT2D eigenvalue weighted by Gasteiger charge is -2.13. The molecule has 7 rings (SSSR count). The smallest absolute Gasteiger partial charge is 0.252 e. The molecule has 0 saturated heterocycles. The number of hydrogen-bond donors (Lipinski definition) is 2. The fraction of sp³-hybridized carbons (Fsp3) is 0.0952. The molecule has 2 amide bonds. The SMILES string of the molecule is Cc1ccc(-c2cc(C(=O)NCc3cccc(CNC(=O)c4cc(-c5ccc(C)cc5)nc5ccccc45)c3)c3ccccc3n2)cc1. The van der Waals surface area contributed by atoms with E-state index in [0.29, 0.717) is 24.2 Å². The second-order valence-corrected chi connectivity index (χ2v) is 12.1. The van der Waals surface area contributed by atoms with E-state index in [1.807, 2.05) is 147 Å². The minimum atomic E-state index is -0.172. The summed E-state index contributed by atoms with van der Waals surface area (Å²) in [6, 6.07) is 43.3. The molecule has 0 radical (unpaired) electrons. The molecule has 0 spiro atoms. The fourth-order valence-electron chi connectivity index (χ4n) is 5.88. The monoisotopic (exact) mass is 626 g/mol. The maximum Gasteiger partial charge on any atom is 0.252 e. The first-order valence-electron chi connectivity index (χ1n) is 16.0. The molecule has 6 heteroatoms. The molecule has 48 heavy (non-hydrogen) atoms. The van der Waals surface area contributed by atoms with Gasteiger partial charge in [-0.3, -0.25) is 9.59 Å². The summed E-state index contributed by atoms with van der Waals surface area (Å²) in [5.74, 6) is -0.343. The molecule has 0 bridgehead atoms. The van der Waals surface area contributed by atoms with Crippen molar-refractivity contribution in [1.82, 2.24) is 20.6 Å². The molecule has 2 N–H and O–H groups in total. The van der Waals surface area contributed by atoms with Crippen LogP contribution in [0.1, 0.15) is 43.0 Å². The first-order valence-corrected chi connectivity index (χ1v) is 16.0. The Labute approximate surface area is 279 Å². The topological polar surface area (TPSA) is 84.0 Å². The number of hydrogen-bond acceptors (Lipinski definition) is 4. The molecule has 0 aliphatic rings. The summed E-state index contributed by atoms with van der Waals surface area (Å²) in [5.41, 5.74) is 10.3. The van der Waals surface area contributed by atoms with Gasteiger partial charge in [0.15, 0.2) is 0 Å². The summed E-state index contributed by atoms with van der Waals surface area (Å²) >= 11 is 0. The summed E-state index contributed by atoms with van der Waals surface area (Å²) in [6.07, 6.45) is 0. The van der Waals surface area contributed by atoms with E-state index in [0.717, 1.165) is 66.6 Å². The van der Waals surface area contributed by atoms with Crippen molar-refractivity contribution in [3.63, 3.8) is 0 Å².